The van der Waals surface area contributed by atoms with Crippen LogP contribution < -0.4 is 0 Å². The van der Waals surface area contributed by atoms with E-state index >= 15 is 0 Å². The zero-order chi connectivity index (χ0) is 18.2. The third-order valence-corrected chi connectivity index (χ3v) is 3.40. The average molecular weight is 386 g/mol. The summed E-state index contributed by atoms with van der Waals surface area (Å²) in [5.74, 6) is -0.170. The smallest absolute Gasteiger partial charge is 0.750 e. The molecule has 0 spiro atoms. The molecule has 3 heteroatoms. The average Bonchev–Trinajstić information content (AvgIpc) is 3.43. The summed E-state index contributed by atoms with van der Waals surface area (Å²) < 4.78 is 0. The van der Waals surface area contributed by atoms with Gasteiger partial charge in [0.25, 0.3) is 0 Å². The van der Waals surface area contributed by atoms with Crippen molar-refractivity contribution in [3.8, 4) is 0 Å². The Balaban J connectivity index is 0.000000187. The second-order valence-electron chi connectivity index (χ2n) is 5.14. The topological polar surface area (TPSA) is 34.1 Å². The molecule has 0 aromatic heterocycles. The van der Waals surface area contributed by atoms with Gasteiger partial charge in [-0.15, -0.1) is 0 Å². The van der Waals surface area contributed by atoms with E-state index in [4.69, 9.17) is 0 Å². The maximum atomic E-state index is 11.6. The van der Waals surface area contributed by atoms with Gasteiger partial charge in [0.2, 0.25) is 0 Å². The van der Waals surface area contributed by atoms with Gasteiger partial charge < -0.3 is 91.9 Å². The van der Waals surface area contributed by atoms with Gasteiger partial charge in [-0.05, 0) is 0 Å². The fourth-order valence-corrected chi connectivity index (χ4v) is 2.13. The quantitative estimate of drug-likeness (QED) is 0.305. The minimum atomic E-state index is -0.0851. The van der Waals surface area contributed by atoms with Crippen molar-refractivity contribution in [1.82, 2.24) is 0 Å². The number of rotatable bonds is 4. The second-order valence-corrected chi connectivity index (χ2v) is 5.14. The minimum absolute atomic E-state index is 0. The van der Waals surface area contributed by atoms with E-state index in [0.717, 1.165) is 0 Å². The van der Waals surface area contributed by atoms with E-state index in [1.54, 1.807) is 24.3 Å². The van der Waals surface area contributed by atoms with Crippen LogP contribution in [0.4, 0.5) is 0 Å². The Hall–Kier alpha value is -3.00. The molecule has 0 heterocycles. The van der Waals surface area contributed by atoms with E-state index in [-0.39, 0.29) is 28.6 Å². The van der Waals surface area contributed by atoms with E-state index in [2.05, 4.69) is 48.5 Å². The van der Waals surface area contributed by atoms with E-state index < -0.39 is 0 Å². The first-order valence-electron chi connectivity index (χ1n) is 7.73. The number of hydrogen-bond donors (Lipinski definition) is 0. The molecule has 0 radical (unpaired) electrons. The van der Waals surface area contributed by atoms with Crippen molar-refractivity contribution >= 4 is 11.6 Å². The molecule has 2 nitrogen and oxygen atoms in total. The summed E-state index contributed by atoms with van der Waals surface area (Å²) in [5, 5.41) is 0. The minimum Gasteiger partial charge on any atom is -0.750 e. The second kappa shape index (κ2) is 10.2. The maximum absolute atomic E-state index is 11.6. The first-order valence-corrected chi connectivity index (χ1v) is 7.73. The number of benzene rings is 2. The van der Waals surface area contributed by atoms with Crippen molar-refractivity contribution in [2.75, 3.05) is 0 Å². The van der Waals surface area contributed by atoms with Crippen LogP contribution in [-0.4, -0.2) is 11.6 Å². The Morgan fingerprint density at radius 3 is 1.15 bits per heavy atom. The van der Waals surface area contributed by atoms with Gasteiger partial charge in [-0.2, -0.15) is 24.3 Å². The van der Waals surface area contributed by atoms with Crippen LogP contribution in [0.1, 0.15) is 31.8 Å². The molecule has 0 unspecified atom stereocenters. The SMILES string of the molecule is O=C(c1ccccc1)[c-]1[c-][c-][c-][c-]1.O=C(c1ccccc1)[c-]1[c-][c-][c-][c-]1.[Fe+2]. The van der Waals surface area contributed by atoms with Crippen LogP contribution >= 0.6 is 0 Å². The summed E-state index contributed by atoms with van der Waals surface area (Å²) in [4.78, 5) is 23.2. The monoisotopic (exact) mass is 386 g/mol. The third kappa shape index (κ3) is 5.49. The van der Waals surface area contributed by atoms with Crippen LogP contribution in [0.3, 0.4) is 0 Å². The zero-order valence-corrected chi connectivity index (χ0v) is 15.0. The Kier molecular flexibility index (Phi) is 7.69. The summed E-state index contributed by atoms with van der Waals surface area (Å²) >= 11 is 0. The molecule has 0 aliphatic carbocycles. The molecule has 4 aromatic carbocycles. The van der Waals surface area contributed by atoms with Gasteiger partial charge in [-0.3, -0.25) is 0 Å². The van der Waals surface area contributed by atoms with Crippen molar-refractivity contribution in [1.29, 1.82) is 0 Å². The molecule has 0 aliphatic heterocycles. The van der Waals surface area contributed by atoms with Crippen molar-refractivity contribution in [2.24, 2.45) is 0 Å². The van der Waals surface area contributed by atoms with Crippen LogP contribution in [0.2, 0.25) is 0 Å². The summed E-state index contributed by atoms with van der Waals surface area (Å²) in [5.41, 5.74) is 2.07. The van der Waals surface area contributed by atoms with Gasteiger partial charge in [0.1, 0.15) is 0 Å². The molecule has 0 N–H and O–H groups in total. The van der Waals surface area contributed by atoms with Gasteiger partial charge in [-0.25, -0.2) is 0 Å². The molecule has 0 bridgehead atoms. The molecule has 27 heavy (non-hydrogen) atoms. The van der Waals surface area contributed by atoms with Crippen molar-refractivity contribution in [3.63, 3.8) is 0 Å². The van der Waals surface area contributed by atoms with Crippen LogP contribution in [0.25, 0.3) is 0 Å². The number of carbonyl (C=O) groups excluding carboxylic acids is 2. The van der Waals surface area contributed by atoms with Crippen molar-refractivity contribution in [2.45, 2.75) is 0 Å². The normalized spacial score (nSPS) is 9.48. The molecular weight excluding hydrogens is 376 g/mol. The molecular formula is C24H10FeO2-8. The predicted molar refractivity (Wildman–Crippen MR) is 94.5 cm³/mol. The molecule has 134 valence electrons. The fourth-order valence-electron chi connectivity index (χ4n) is 2.13. The van der Waals surface area contributed by atoms with E-state index in [9.17, 15) is 9.59 Å². The molecule has 0 saturated carbocycles. The van der Waals surface area contributed by atoms with Crippen LogP contribution in [0.15, 0.2) is 60.7 Å². The third-order valence-electron chi connectivity index (χ3n) is 3.40. The maximum Gasteiger partial charge on any atom is 2.00 e. The molecule has 4 aromatic rings. The van der Waals surface area contributed by atoms with E-state index in [1.165, 1.54) is 0 Å². The zero-order valence-electron chi connectivity index (χ0n) is 13.9. The molecule has 0 fully saturated rings. The Morgan fingerprint density at radius 1 is 0.556 bits per heavy atom. The largest absolute Gasteiger partial charge is 2.00 e. The first kappa shape index (κ1) is 20.3. The van der Waals surface area contributed by atoms with E-state index in [1.807, 2.05) is 36.4 Å². The number of carbonyl (C=O) groups is 2. The van der Waals surface area contributed by atoms with Crippen LogP contribution in [-0.2, 0) is 17.1 Å². The fraction of sp³-hybridized carbons (Fsp3) is 0. The molecule has 0 saturated heterocycles. The summed E-state index contributed by atoms with van der Waals surface area (Å²) in [6.07, 6.45) is 0. The summed E-state index contributed by atoms with van der Waals surface area (Å²) in [7, 11) is 0. The molecule has 0 atom stereocenters. The van der Waals surface area contributed by atoms with Gasteiger partial charge in [0.05, 0.1) is 0 Å². The molecule has 0 aliphatic rings. The molecule has 0 amide bonds. The Labute approximate surface area is 169 Å². The van der Waals surface area contributed by atoms with E-state index in [0.29, 0.717) is 22.3 Å². The Morgan fingerprint density at radius 2 is 0.852 bits per heavy atom. The molecule has 4 rings (SSSR count). The van der Waals surface area contributed by atoms with Crippen molar-refractivity contribution < 1.29 is 26.7 Å². The van der Waals surface area contributed by atoms with Crippen LogP contribution in [0.5, 0.6) is 0 Å². The first-order chi connectivity index (χ1) is 12.8. The van der Waals surface area contributed by atoms with Crippen molar-refractivity contribution in [3.05, 3.63) is 131 Å². The Bertz CT molecular complexity index is 857. The summed E-state index contributed by atoms with van der Waals surface area (Å²) in [6.45, 7) is 0. The number of ketones is 2. The van der Waals surface area contributed by atoms with Gasteiger partial charge in [0, 0.05) is 0 Å². The van der Waals surface area contributed by atoms with Crippen LogP contribution in [0, 0.1) is 48.5 Å². The summed E-state index contributed by atoms with van der Waals surface area (Å²) in [6, 6.07) is 38.9. The standard InChI is InChI=1S/2C12H5O.Fe/c2*13-12(11-8-4-5-9-11)10-6-2-1-3-7-10;/h2*1-3,6-7H;/q2*-5;+2. The van der Waals surface area contributed by atoms with Gasteiger partial charge in [-0.1, -0.05) is 36.4 Å². The van der Waals surface area contributed by atoms with Gasteiger partial charge in [0.15, 0.2) is 0 Å². The number of hydrogen-bond acceptors (Lipinski definition) is 2. The predicted octanol–water partition coefficient (Wildman–Crippen LogP) is 3.67. The van der Waals surface area contributed by atoms with Gasteiger partial charge >= 0.3 is 17.1 Å².